The third kappa shape index (κ3) is 3.65. The molecule has 0 N–H and O–H groups in total. The molecule has 0 saturated carbocycles. The van der Waals surface area contributed by atoms with Gasteiger partial charge in [-0.3, -0.25) is 0 Å². The zero-order valence-electron chi connectivity index (χ0n) is 30.8. The van der Waals surface area contributed by atoms with Gasteiger partial charge in [-0.1, -0.05) is 139 Å². The zero-order chi connectivity index (χ0) is 35.3. The molecule has 0 fully saturated rings. The van der Waals surface area contributed by atoms with Crippen LogP contribution in [0.5, 0.6) is 11.5 Å². The van der Waals surface area contributed by atoms with E-state index < -0.39 is 24.2 Å². The van der Waals surface area contributed by atoms with E-state index in [-0.39, 0.29) is 45.7 Å². The smallest absolute Gasteiger partial charge is 0.135 e. The normalized spacial score (nSPS) is 14.5. The Hall–Kier alpha value is -5.66. The van der Waals surface area contributed by atoms with Crippen LogP contribution in [0.15, 0.2) is 158 Å². The molecule has 1 heterocycles. The highest BCUT2D eigenvalue weighted by Gasteiger charge is 2.22. The number of para-hydroxylation sites is 1. The maximum atomic E-state index is 9.23. The van der Waals surface area contributed by atoms with Crippen molar-refractivity contribution >= 4 is 32.3 Å². The van der Waals surface area contributed by atoms with Crippen LogP contribution in [0.25, 0.3) is 76.8 Å². The fraction of sp³-hybridized carbons (Fsp3) is 0. The number of rotatable bonds is 3. The van der Waals surface area contributed by atoms with Crippen LogP contribution in [-0.2, 0) is 0 Å². The van der Waals surface area contributed by atoms with Crippen LogP contribution in [0.1, 0.15) is 11.0 Å². The van der Waals surface area contributed by atoms with Gasteiger partial charge in [0.2, 0.25) is 0 Å². The Bertz CT molecular complexity index is 2730. The third-order valence-corrected chi connectivity index (χ3v) is 8.30. The van der Waals surface area contributed by atoms with Gasteiger partial charge in [0.15, 0.2) is 0 Å². The van der Waals surface area contributed by atoms with Gasteiger partial charge in [-0.15, -0.1) is 0 Å². The molecule has 8 aromatic rings. The van der Waals surface area contributed by atoms with Crippen molar-refractivity contribution in [1.82, 2.24) is 0 Å². The fourth-order valence-electron chi connectivity index (χ4n) is 6.48. The number of hydrogen-bond acceptors (Lipinski definition) is 1. The van der Waals surface area contributed by atoms with Gasteiger partial charge in [0, 0.05) is 10.9 Å². The Morgan fingerprint density at radius 3 is 1.72 bits per heavy atom. The van der Waals surface area contributed by atoms with E-state index in [0.29, 0.717) is 22.3 Å². The van der Waals surface area contributed by atoms with Crippen molar-refractivity contribution < 1.29 is 15.7 Å². The molecule has 1 aliphatic rings. The molecule has 8 aromatic carbocycles. The van der Waals surface area contributed by atoms with Gasteiger partial charge in [-0.2, -0.15) is 0 Å². The molecule has 0 radical (unpaired) electrons. The molecule has 0 aliphatic carbocycles. The molecule has 43 heavy (non-hydrogen) atoms. The van der Waals surface area contributed by atoms with E-state index in [4.69, 9.17) is 13.0 Å². The van der Waals surface area contributed by atoms with E-state index >= 15 is 0 Å². The monoisotopic (exact) mass is 554 g/mol. The van der Waals surface area contributed by atoms with Gasteiger partial charge in [0.25, 0.3) is 0 Å². The number of ether oxygens (including phenoxy) is 1. The van der Waals surface area contributed by atoms with Gasteiger partial charge in [0.05, 0.1) is 11.0 Å². The highest BCUT2D eigenvalue weighted by atomic mass is 16.5. The van der Waals surface area contributed by atoms with E-state index in [1.807, 2.05) is 78.9 Å². The predicted molar refractivity (Wildman–Crippen MR) is 181 cm³/mol. The van der Waals surface area contributed by atoms with Crippen LogP contribution >= 0.6 is 0 Å². The summed E-state index contributed by atoms with van der Waals surface area (Å²) in [7, 11) is 0. The molecule has 200 valence electrons. The molecule has 1 nitrogen and oxygen atoms in total. The van der Waals surface area contributed by atoms with Gasteiger partial charge in [-0.25, -0.2) is 0 Å². The van der Waals surface area contributed by atoms with E-state index in [9.17, 15) is 2.74 Å². The second kappa shape index (κ2) is 9.44. The van der Waals surface area contributed by atoms with Gasteiger partial charge in [-0.05, 0) is 84.1 Å². The summed E-state index contributed by atoms with van der Waals surface area (Å²) in [5.41, 5.74) is 5.59. The van der Waals surface area contributed by atoms with Gasteiger partial charge < -0.3 is 4.74 Å². The van der Waals surface area contributed by atoms with E-state index in [2.05, 4.69) is 6.07 Å². The van der Waals surface area contributed by atoms with Crippen molar-refractivity contribution in [3.63, 3.8) is 0 Å². The summed E-state index contributed by atoms with van der Waals surface area (Å²) in [6.07, 6.45) is 0. The van der Waals surface area contributed by atoms with Crippen LogP contribution in [0.3, 0.4) is 0 Å². The molecule has 0 bridgehead atoms. The quantitative estimate of drug-likeness (QED) is 0.197. The summed E-state index contributed by atoms with van der Waals surface area (Å²) in [5, 5.41) is 2.72. The first kappa shape index (κ1) is 17.3. The number of benzene rings is 8. The molecule has 0 atom stereocenters. The third-order valence-electron chi connectivity index (χ3n) is 8.30. The van der Waals surface area contributed by atoms with Crippen molar-refractivity contribution in [3.8, 4) is 56.0 Å². The minimum atomic E-state index is -0.423. The molecule has 0 unspecified atom stereocenters. The van der Waals surface area contributed by atoms with Crippen LogP contribution < -0.4 is 4.74 Å². The summed E-state index contributed by atoms with van der Waals surface area (Å²) in [4.78, 5) is 0. The Morgan fingerprint density at radius 2 is 0.977 bits per heavy atom. The molecule has 0 saturated heterocycles. The predicted octanol–water partition coefficient (Wildman–Crippen LogP) is 11.9. The Labute approximate surface area is 261 Å². The van der Waals surface area contributed by atoms with Crippen molar-refractivity contribution in [2.24, 2.45) is 0 Å². The summed E-state index contributed by atoms with van der Waals surface area (Å²) >= 11 is 0. The summed E-state index contributed by atoms with van der Waals surface area (Å²) in [6, 6.07) is 31.8. The van der Waals surface area contributed by atoms with Crippen molar-refractivity contribution in [2.75, 3.05) is 0 Å². The maximum absolute atomic E-state index is 9.23. The molecule has 1 aliphatic heterocycles. The lowest BCUT2D eigenvalue weighted by atomic mass is 9.85. The first-order valence-corrected chi connectivity index (χ1v) is 14.1. The van der Waals surface area contributed by atoms with Crippen LogP contribution in [0.4, 0.5) is 0 Å². The average molecular weight is 555 g/mol. The van der Waals surface area contributed by atoms with Crippen molar-refractivity contribution in [2.45, 2.75) is 0 Å². The summed E-state index contributed by atoms with van der Waals surface area (Å²) in [6.45, 7) is 0. The minimum absolute atomic E-state index is 0.191. The molecular weight excluding hydrogens is 520 g/mol. The van der Waals surface area contributed by atoms with Crippen molar-refractivity contribution in [3.05, 3.63) is 158 Å². The van der Waals surface area contributed by atoms with Crippen LogP contribution in [-0.4, -0.2) is 0 Å². The SMILES string of the molecule is [2H]c1c([2H])c([2H])c2c(-c3cccc(-c4ccc5c6c(cccc46)-c4ccccc4O5)c3)c3c([2H])c([2H])c([2H])c([2H])c3c(-c3ccccc3)c2c1[2H]. The fourth-order valence-corrected chi connectivity index (χ4v) is 6.48. The number of fused-ring (bicyclic) bond motifs is 4. The molecular formula is C42H26O. The van der Waals surface area contributed by atoms with E-state index in [0.717, 1.165) is 44.5 Å². The minimum Gasteiger partial charge on any atom is -0.456 e. The first-order valence-electron chi connectivity index (χ1n) is 18.1. The summed E-state index contributed by atoms with van der Waals surface area (Å²) in [5.74, 6) is 1.54. The lowest BCUT2D eigenvalue weighted by Crippen LogP contribution is -1.97. The van der Waals surface area contributed by atoms with Crippen molar-refractivity contribution in [1.29, 1.82) is 0 Å². The largest absolute Gasteiger partial charge is 0.456 e. The Morgan fingerprint density at radius 1 is 0.395 bits per heavy atom. The lowest BCUT2D eigenvalue weighted by molar-refractivity contribution is 0.487. The number of hydrogen-bond donors (Lipinski definition) is 0. The lowest BCUT2D eigenvalue weighted by Gasteiger charge is -2.22. The standard InChI is InChI=1S/C42H26O/c1-2-12-27(13-3-1)40-34-17-4-6-19-36(34)41(37-20-7-5-18-35(37)40)29-15-10-14-28(26-29)30-24-25-39-42-32(30)21-11-22-33(42)31-16-8-9-23-38(31)43-39/h1-26H/i4D,5D,6D,7D,17D,18D,19D,20D. The second-order valence-corrected chi connectivity index (χ2v) is 10.6. The highest BCUT2D eigenvalue weighted by Crippen LogP contribution is 2.49. The van der Waals surface area contributed by atoms with Crippen LogP contribution in [0.2, 0.25) is 0 Å². The summed E-state index contributed by atoms with van der Waals surface area (Å²) < 4.78 is 77.8. The Balaban J connectivity index is 1.42. The topological polar surface area (TPSA) is 9.23 Å². The molecule has 0 aromatic heterocycles. The molecule has 1 heteroatoms. The Kier molecular flexibility index (Phi) is 3.80. The molecule has 0 amide bonds. The highest BCUT2D eigenvalue weighted by molar-refractivity contribution is 6.21. The molecule has 9 rings (SSSR count). The zero-order valence-corrected chi connectivity index (χ0v) is 22.8. The second-order valence-electron chi connectivity index (χ2n) is 10.6. The van der Waals surface area contributed by atoms with E-state index in [1.54, 1.807) is 24.3 Å². The maximum Gasteiger partial charge on any atom is 0.135 e. The first-order chi connectivity index (χ1) is 24.7. The average Bonchev–Trinajstić information content (AvgIpc) is 3.17. The molecule has 0 spiro atoms. The van der Waals surface area contributed by atoms with Gasteiger partial charge in [0.1, 0.15) is 11.5 Å². The van der Waals surface area contributed by atoms with Gasteiger partial charge >= 0.3 is 0 Å². The van der Waals surface area contributed by atoms with Crippen LogP contribution in [0, 0.1) is 0 Å². The van der Waals surface area contributed by atoms with E-state index in [1.165, 1.54) is 0 Å².